The molecule has 0 amide bonds. The molecule has 6 heteroatoms. The maximum atomic E-state index is 10.4. The predicted octanol–water partition coefficient (Wildman–Crippen LogP) is -0.239. The molecule has 0 aromatic rings. The highest BCUT2D eigenvalue weighted by atomic mass is 32.2. The largest absolute Gasteiger partial charge is 0.510 e. The zero-order valence-electron chi connectivity index (χ0n) is 5.48. The lowest BCUT2D eigenvalue weighted by atomic mass is 10.4. The molecule has 5 nitrogen and oxygen atoms in total. The van der Waals surface area contributed by atoms with Gasteiger partial charge in [-0.05, 0) is 12.2 Å². The van der Waals surface area contributed by atoms with Crippen molar-refractivity contribution < 1.29 is 18.1 Å². The first-order valence-corrected chi connectivity index (χ1v) is 4.25. The second-order valence-electron chi connectivity index (χ2n) is 2.02. The van der Waals surface area contributed by atoms with Gasteiger partial charge in [-0.15, -0.1) is 0 Å². The first-order chi connectivity index (χ1) is 5.00. The summed E-state index contributed by atoms with van der Waals surface area (Å²) in [7, 11) is -4.15. The van der Waals surface area contributed by atoms with Gasteiger partial charge in [0.1, 0.15) is 5.76 Å². The van der Waals surface area contributed by atoms with E-state index < -0.39 is 10.1 Å². The minimum absolute atomic E-state index is 0.0195. The van der Waals surface area contributed by atoms with Crippen molar-refractivity contribution in [3.05, 3.63) is 22.9 Å². The third kappa shape index (κ3) is 1.95. The number of dihydropyridines is 1. The summed E-state index contributed by atoms with van der Waals surface area (Å²) < 4.78 is 29.3. The van der Waals surface area contributed by atoms with Crippen molar-refractivity contribution in [2.24, 2.45) is 0 Å². The Balaban J connectivity index is 2.95. The monoisotopic (exact) mass is 177 g/mol. The number of aliphatic hydroxyl groups is 1. The molecule has 0 aliphatic carbocycles. The van der Waals surface area contributed by atoms with E-state index in [-0.39, 0.29) is 17.3 Å². The van der Waals surface area contributed by atoms with E-state index in [0.29, 0.717) is 0 Å². The van der Waals surface area contributed by atoms with Crippen molar-refractivity contribution in [3.8, 4) is 0 Å². The summed E-state index contributed by atoms with van der Waals surface area (Å²) in [5.74, 6) is 0.0254. The average molecular weight is 177 g/mol. The maximum absolute atomic E-state index is 10.4. The fourth-order valence-electron chi connectivity index (χ4n) is 0.645. The van der Waals surface area contributed by atoms with Crippen LogP contribution >= 0.6 is 0 Å². The molecule has 0 saturated heterocycles. The Morgan fingerprint density at radius 1 is 1.45 bits per heavy atom. The summed E-state index contributed by atoms with van der Waals surface area (Å²) in [5, 5.41) is 10.8. The van der Waals surface area contributed by atoms with E-state index in [1.165, 1.54) is 6.08 Å². The molecular formula is C5H7NO4S. The van der Waals surface area contributed by atoms with Crippen LogP contribution in [0.2, 0.25) is 0 Å². The van der Waals surface area contributed by atoms with Crippen molar-refractivity contribution >= 4 is 10.1 Å². The van der Waals surface area contributed by atoms with Crippen molar-refractivity contribution in [3.63, 3.8) is 0 Å². The summed E-state index contributed by atoms with van der Waals surface area (Å²) in [6, 6.07) is 0. The first-order valence-electron chi connectivity index (χ1n) is 2.81. The molecule has 0 spiro atoms. The van der Waals surface area contributed by atoms with Gasteiger partial charge in [-0.3, -0.25) is 4.55 Å². The van der Waals surface area contributed by atoms with E-state index >= 15 is 0 Å². The molecule has 0 fully saturated rings. The van der Waals surface area contributed by atoms with Crippen LogP contribution < -0.4 is 5.32 Å². The molecule has 62 valence electrons. The summed E-state index contributed by atoms with van der Waals surface area (Å²) >= 11 is 0. The number of rotatable bonds is 1. The Kier molecular flexibility index (Phi) is 1.88. The van der Waals surface area contributed by atoms with Gasteiger partial charge >= 0.3 is 10.1 Å². The van der Waals surface area contributed by atoms with Crippen LogP contribution in [0, 0.1) is 0 Å². The Hall–Kier alpha value is -1.01. The average Bonchev–Trinajstić information content (AvgIpc) is 1.86. The smallest absolute Gasteiger partial charge is 0.309 e. The van der Waals surface area contributed by atoms with Gasteiger partial charge in [-0.1, -0.05) is 0 Å². The van der Waals surface area contributed by atoms with Crippen LogP contribution in [0.5, 0.6) is 0 Å². The van der Waals surface area contributed by atoms with Gasteiger partial charge in [-0.25, -0.2) is 0 Å². The van der Waals surface area contributed by atoms with Crippen LogP contribution in [0.4, 0.5) is 0 Å². The lowest BCUT2D eigenvalue weighted by Crippen LogP contribution is -2.24. The molecule has 0 saturated carbocycles. The summed E-state index contributed by atoms with van der Waals surface area (Å²) in [4.78, 5) is 0. The fraction of sp³-hybridized carbons (Fsp3) is 0.200. The van der Waals surface area contributed by atoms with Crippen LogP contribution in [-0.2, 0) is 10.1 Å². The highest BCUT2D eigenvalue weighted by Gasteiger charge is 2.15. The minimum atomic E-state index is -4.15. The van der Waals surface area contributed by atoms with Crippen LogP contribution in [-0.4, -0.2) is 24.6 Å². The van der Waals surface area contributed by atoms with E-state index in [4.69, 9.17) is 9.66 Å². The zero-order valence-corrected chi connectivity index (χ0v) is 6.30. The third-order valence-electron chi connectivity index (χ3n) is 1.15. The molecule has 0 aromatic heterocycles. The molecule has 3 N–H and O–H groups in total. The number of hydrogen-bond donors (Lipinski definition) is 3. The molecule has 0 radical (unpaired) electrons. The van der Waals surface area contributed by atoms with E-state index in [2.05, 4.69) is 5.32 Å². The summed E-state index contributed by atoms with van der Waals surface area (Å²) in [6.45, 7) is 0.0195. The standard InChI is InChI=1S/C5H7NO4S/c7-4-1-2-5(6-3-4)11(8,9)10/h1-2,6-7H,3H2,(H,8,9,10). The minimum Gasteiger partial charge on any atom is -0.510 e. The fourth-order valence-corrected chi connectivity index (χ4v) is 1.14. The molecule has 1 aliphatic rings. The lowest BCUT2D eigenvalue weighted by Gasteiger charge is -2.10. The molecule has 11 heavy (non-hydrogen) atoms. The first kappa shape index (κ1) is 8.09. The third-order valence-corrected chi connectivity index (χ3v) is 1.98. The van der Waals surface area contributed by atoms with Crippen LogP contribution in [0.25, 0.3) is 0 Å². The van der Waals surface area contributed by atoms with E-state index in [9.17, 15) is 8.42 Å². The van der Waals surface area contributed by atoms with Crippen molar-refractivity contribution in [2.75, 3.05) is 6.54 Å². The van der Waals surface area contributed by atoms with Gasteiger partial charge in [-0.2, -0.15) is 8.42 Å². The second-order valence-corrected chi connectivity index (χ2v) is 3.41. The predicted molar refractivity (Wildman–Crippen MR) is 38.3 cm³/mol. The number of aliphatic hydroxyl groups excluding tert-OH is 1. The Morgan fingerprint density at radius 3 is 2.45 bits per heavy atom. The van der Waals surface area contributed by atoms with Gasteiger partial charge in [0.2, 0.25) is 0 Å². The molecule has 1 heterocycles. The van der Waals surface area contributed by atoms with E-state index in [1.54, 1.807) is 0 Å². The van der Waals surface area contributed by atoms with Crippen molar-refractivity contribution in [1.29, 1.82) is 0 Å². The number of hydrogen-bond acceptors (Lipinski definition) is 4. The molecule has 0 atom stereocenters. The number of allylic oxidation sites excluding steroid dienone is 2. The molecule has 0 bridgehead atoms. The second kappa shape index (κ2) is 2.55. The quantitative estimate of drug-likeness (QED) is 0.481. The normalized spacial score (nSPS) is 18.3. The van der Waals surface area contributed by atoms with Gasteiger partial charge in [0, 0.05) is 0 Å². The van der Waals surface area contributed by atoms with Gasteiger partial charge in [0.05, 0.1) is 6.54 Å². The Bertz CT molecular complexity index is 313. The SMILES string of the molecule is O=S(=O)(O)C1=CC=C(O)CN1. The van der Waals surface area contributed by atoms with E-state index in [1.807, 2.05) is 0 Å². The molecule has 1 aliphatic heterocycles. The van der Waals surface area contributed by atoms with Crippen LogP contribution in [0.1, 0.15) is 0 Å². The van der Waals surface area contributed by atoms with E-state index in [0.717, 1.165) is 6.08 Å². The van der Waals surface area contributed by atoms with Gasteiger partial charge < -0.3 is 10.4 Å². The highest BCUT2D eigenvalue weighted by molar-refractivity contribution is 7.89. The lowest BCUT2D eigenvalue weighted by molar-refractivity contribution is 0.392. The summed E-state index contributed by atoms with van der Waals surface area (Å²) in [5.41, 5.74) is 0. The molecule has 0 unspecified atom stereocenters. The molecular weight excluding hydrogens is 170 g/mol. The maximum Gasteiger partial charge on any atom is 0.309 e. The number of nitrogens with one attached hydrogen (secondary N) is 1. The molecule has 0 aromatic carbocycles. The van der Waals surface area contributed by atoms with Crippen molar-refractivity contribution in [1.82, 2.24) is 5.32 Å². The van der Waals surface area contributed by atoms with Gasteiger partial charge in [0.15, 0.2) is 5.03 Å². The van der Waals surface area contributed by atoms with Crippen LogP contribution in [0.3, 0.4) is 0 Å². The Morgan fingerprint density at radius 2 is 2.09 bits per heavy atom. The topological polar surface area (TPSA) is 86.6 Å². The zero-order chi connectivity index (χ0) is 8.48. The van der Waals surface area contributed by atoms with Gasteiger partial charge in [0.25, 0.3) is 0 Å². The Labute approximate surface area is 63.8 Å². The highest BCUT2D eigenvalue weighted by Crippen LogP contribution is 2.05. The van der Waals surface area contributed by atoms with Crippen molar-refractivity contribution in [2.45, 2.75) is 0 Å². The molecule has 1 rings (SSSR count). The van der Waals surface area contributed by atoms with Crippen LogP contribution in [0.15, 0.2) is 22.9 Å². The summed E-state index contributed by atoms with van der Waals surface area (Å²) in [6.07, 6.45) is 2.30.